The number of unbranched alkanes of at least 4 members (excludes halogenated alkanes) is 1. The molecule has 4 aromatic rings. The lowest BCUT2D eigenvalue weighted by molar-refractivity contribution is 0.0697. The van der Waals surface area contributed by atoms with Gasteiger partial charge in [-0.1, -0.05) is 55.8 Å². The monoisotopic (exact) mass is 418 g/mol. The molecule has 0 amide bonds. The van der Waals surface area contributed by atoms with Gasteiger partial charge in [0.25, 0.3) is 5.56 Å². The summed E-state index contributed by atoms with van der Waals surface area (Å²) in [5.74, 6) is -0.134. The molecule has 152 valence electrons. The number of nitrogens with zero attached hydrogens (tertiary/aromatic N) is 2. The number of rotatable bonds is 7. The summed E-state index contributed by atoms with van der Waals surface area (Å²) in [5, 5.41) is 13.9. The fraction of sp³-hybridized carbons (Fsp3) is 0.208. The van der Waals surface area contributed by atoms with Gasteiger partial charge in [-0.25, -0.2) is 9.78 Å². The predicted molar refractivity (Wildman–Crippen MR) is 120 cm³/mol. The summed E-state index contributed by atoms with van der Waals surface area (Å²) < 4.78 is 1.77. The molecule has 30 heavy (non-hydrogen) atoms. The van der Waals surface area contributed by atoms with E-state index in [4.69, 9.17) is 4.98 Å². The minimum absolute atomic E-state index is 0.00680. The molecule has 4 rings (SSSR count). The highest BCUT2D eigenvalue weighted by atomic mass is 32.1. The zero-order valence-electron chi connectivity index (χ0n) is 16.7. The van der Waals surface area contributed by atoms with Gasteiger partial charge in [0.1, 0.15) is 5.82 Å². The molecule has 6 heteroatoms. The topological polar surface area (TPSA) is 72.2 Å². The summed E-state index contributed by atoms with van der Waals surface area (Å²) in [4.78, 5) is 29.3. The zero-order chi connectivity index (χ0) is 21.1. The number of benzene rings is 2. The van der Waals surface area contributed by atoms with Gasteiger partial charge in [-0.2, -0.15) is 0 Å². The van der Waals surface area contributed by atoms with Crippen LogP contribution in [0.2, 0.25) is 0 Å². The molecule has 0 fully saturated rings. The van der Waals surface area contributed by atoms with Crippen LogP contribution in [0.25, 0.3) is 22.0 Å². The summed E-state index contributed by atoms with van der Waals surface area (Å²) in [6.45, 7) is 2.57. The van der Waals surface area contributed by atoms with Crippen LogP contribution in [0, 0.1) is 0 Å². The van der Waals surface area contributed by atoms with Gasteiger partial charge in [0.05, 0.1) is 23.0 Å². The largest absolute Gasteiger partial charge is 0.478 e. The van der Waals surface area contributed by atoms with E-state index in [1.54, 1.807) is 22.8 Å². The van der Waals surface area contributed by atoms with Gasteiger partial charge < -0.3 is 5.11 Å². The first-order chi connectivity index (χ1) is 14.6. The summed E-state index contributed by atoms with van der Waals surface area (Å²) in [7, 11) is 0. The molecule has 0 aliphatic carbocycles. The second kappa shape index (κ2) is 8.63. The molecule has 5 nitrogen and oxygen atoms in total. The van der Waals surface area contributed by atoms with Gasteiger partial charge in [-0.15, -0.1) is 11.3 Å². The molecular weight excluding hydrogens is 396 g/mol. The molecule has 1 N–H and O–H groups in total. The van der Waals surface area contributed by atoms with E-state index in [9.17, 15) is 14.7 Å². The van der Waals surface area contributed by atoms with Crippen LogP contribution in [0.4, 0.5) is 0 Å². The first-order valence-electron chi connectivity index (χ1n) is 9.95. The molecule has 0 aliphatic heterocycles. The molecule has 0 radical (unpaired) electrons. The Bertz CT molecular complexity index is 1260. The van der Waals surface area contributed by atoms with Crippen LogP contribution in [-0.4, -0.2) is 20.6 Å². The molecule has 0 atom stereocenters. The van der Waals surface area contributed by atoms with Crippen LogP contribution in [0.1, 0.15) is 41.5 Å². The van der Waals surface area contributed by atoms with Crippen LogP contribution in [0.3, 0.4) is 0 Å². The lowest BCUT2D eigenvalue weighted by Gasteiger charge is -2.13. The van der Waals surface area contributed by atoms with Crippen molar-refractivity contribution in [1.29, 1.82) is 0 Å². The Kier molecular flexibility index (Phi) is 5.77. The normalized spacial score (nSPS) is 11.1. The molecule has 2 heterocycles. The van der Waals surface area contributed by atoms with E-state index < -0.39 is 5.97 Å². The fourth-order valence-electron chi connectivity index (χ4n) is 3.58. The number of hydrogen-bond donors (Lipinski definition) is 1. The summed E-state index contributed by atoms with van der Waals surface area (Å²) in [6, 6.07) is 14.7. The number of aromatic nitrogens is 2. The Balaban J connectivity index is 1.69. The van der Waals surface area contributed by atoms with Crippen LogP contribution in [0.5, 0.6) is 0 Å². The van der Waals surface area contributed by atoms with Crippen molar-refractivity contribution in [3.8, 4) is 11.1 Å². The van der Waals surface area contributed by atoms with Gasteiger partial charge in [0.2, 0.25) is 0 Å². The van der Waals surface area contributed by atoms with E-state index in [0.29, 0.717) is 17.5 Å². The molecule has 2 aromatic carbocycles. The van der Waals surface area contributed by atoms with E-state index >= 15 is 0 Å². The van der Waals surface area contributed by atoms with Crippen molar-refractivity contribution in [3.63, 3.8) is 0 Å². The number of aromatic carboxylic acids is 1. The zero-order valence-corrected chi connectivity index (χ0v) is 17.5. The molecule has 0 spiro atoms. The third-order valence-corrected chi connectivity index (χ3v) is 5.93. The number of hydrogen-bond acceptors (Lipinski definition) is 4. The lowest BCUT2D eigenvalue weighted by Crippen LogP contribution is -2.25. The average Bonchev–Trinajstić information content (AvgIpc) is 3.24. The molecule has 0 bridgehead atoms. The van der Waals surface area contributed by atoms with Crippen molar-refractivity contribution in [2.24, 2.45) is 0 Å². The highest BCUT2D eigenvalue weighted by Crippen LogP contribution is 2.24. The lowest BCUT2D eigenvalue weighted by atomic mass is 9.99. The Morgan fingerprint density at radius 1 is 1.10 bits per heavy atom. The molecular formula is C24H22N2O3S. The Morgan fingerprint density at radius 3 is 2.60 bits per heavy atom. The number of thiophene rings is 1. The van der Waals surface area contributed by atoms with E-state index in [2.05, 4.69) is 6.92 Å². The third-order valence-electron chi connectivity index (χ3n) is 5.20. The quantitative estimate of drug-likeness (QED) is 0.447. The van der Waals surface area contributed by atoms with Crippen molar-refractivity contribution in [2.45, 2.75) is 32.7 Å². The first-order valence-corrected chi connectivity index (χ1v) is 10.9. The Morgan fingerprint density at radius 2 is 1.87 bits per heavy atom. The number of carbonyl (C=O) groups is 1. The van der Waals surface area contributed by atoms with Gasteiger partial charge in [-0.3, -0.25) is 9.36 Å². The third kappa shape index (κ3) is 3.91. The maximum absolute atomic E-state index is 13.1. The molecule has 0 saturated heterocycles. The van der Waals surface area contributed by atoms with Gasteiger partial charge in [0.15, 0.2) is 0 Å². The molecule has 0 aliphatic rings. The smallest absolute Gasteiger partial charge is 0.336 e. The van der Waals surface area contributed by atoms with E-state index in [1.165, 1.54) is 11.3 Å². The van der Waals surface area contributed by atoms with Crippen molar-refractivity contribution in [1.82, 2.24) is 9.55 Å². The van der Waals surface area contributed by atoms with E-state index in [1.807, 2.05) is 41.1 Å². The van der Waals surface area contributed by atoms with Gasteiger partial charge in [0, 0.05) is 17.2 Å². The van der Waals surface area contributed by atoms with Crippen molar-refractivity contribution >= 4 is 28.2 Å². The summed E-state index contributed by atoms with van der Waals surface area (Å²) >= 11 is 1.49. The number of carboxylic acid groups (broad SMARTS) is 1. The molecule has 2 aromatic heterocycles. The van der Waals surface area contributed by atoms with E-state index in [0.717, 1.165) is 41.7 Å². The van der Waals surface area contributed by atoms with Gasteiger partial charge >= 0.3 is 5.97 Å². The van der Waals surface area contributed by atoms with Crippen LogP contribution in [-0.2, 0) is 13.0 Å². The first kappa shape index (κ1) is 20.0. The predicted octanol–water partition coefficient (Wildman–Crippen LogP) is 5.21. The average molecular weight is 419 g/mol. The van der Waals surface area contributed by atoms with Crippen molar-refractivity contribution in [2.75, 3.05) is 0 Å². The minimum Gasteiger partial charge on any atom is -0.478 e. The fourth-order valence-corrected chi connectivity index (χ4v) is 4.32. The maximum atomic E-state index is 13.1. The van der Waals surface area contributed by atoms with Crippen molar-refractivity contribution in [3.05, 3.63) is 86.6 Å². The molecule has 0 saturated carbocycles. The summed E-state index contributed by atoms with van der Waals surface area (Å²) in [6.07, 6.45) is 2.78. The van der Waals surface area contributed by atoms with Crippen LogP contribution < -0.4 is 5.56 Å². The van der Waals surface area contributed by atoms with Gasteiger partial charge in [-0.05, 0) is 29.2 Å². The van der Waals surface area contributed by atoms with Crippen molar-refractivity contribution < 1.29 is 9.90 Å². The SMILES string of the molecule is CCCCc1nc2cscc2c(=O)n1Cc1ccc(-c2ccccc2C(=O)O)cc1. The number of carboxylic acids is 1. The highest BCUT2D eigenvalue weighted by molar-refractivity contribution is 7.09. The summed E-state index contributed by atoms with van der Waals surface area (Å²) in [5.41, 5.74) is 3.53. The number of aryl methyl sites for hydroxylation is 1. The maximum Gasteiger partial charge on any atom is 0.336 e. The molecule has 0 unspecified atom stereocenters. The Labute approximate surface area is 178 Å². The highest BCUT2D eigenvalue weighted by Gasteiger charge is 2.13. The van der Waals surface area contributed by atoms with Crippen LogP contribution in [0.15, 0.2) is 64.1 Å². The van der Waals surface area contributed by atoms with E-state index in [-0.39, 0.29) is 11.1 Å². The standard InChI is InChI=1S/C24H22N2O3S/c1-2-3-8-22-25-21-15-30-14-20(21)23(27)26(22)13-16-9-11-17(12-10-16)18-6-4-5-7-19(18)24(28)29/h4-7,9-12,14-15H,2-3,8,13H2,1H3,(H,28,29). The number of fused-ring (bicyclic) bond motifs is 1. The minimum atomic E-state index is -0.947. The Hall–Kier alpha value is -3.25. The van der Waals surface area contributed by atoms with Crippen LogP contribution >= 0.6 is 11.3 Å². The second-order valence-electron chi connectivity index (χ2n) is 7.24. The second-order valence-corrected chi connectivity index (χ2v) is 7.98.